The number of aromatic nitrogens is 1. The molecule has 0 saturated carbocycles. The van der Waals surface area contributed by atoms with Crippen LogP contribution in [-0.4, -0.2) is 31.1 Å². The lowest BCUT2D eigenvalue weighted by Crippen LogP contribution is -2.11. The molecule has 1 heterocycles. The van der Waals surface area contributed by atoms with Gasteiger partial charge in [0.2, 0.25) is 0 Å². The predicted octanol–water partition coefficient (Wildman–Crippen LogP) is 1.47. The molecule has 0 unspecified atom stereocenters. The fourth-order valence-electron chi connectivity index (χ4n) is 1.21. The molecule has 0 aliphatic rings. The van der Waals surface area contributed by atoms with E-state index in [1.54, 1.807) is 0 Å². The van der Waals surface area contributed by atoms with E-state index in [1.807, 2.05) is 0 Å². The zero-order valence-electron chi connectivity index (χ0n) is 9.78. The standard InChI is InChI=1S/C10H10N4O4/c1-17-9(15)7-3-6(5-12-14-11)4-8(13-7)10(16)18-2/h3-4H,5H2,1-2H3. The van der Waals surface area contributed by atoms with E-state index >= 15 is 0 Å². The van der Waals surface area contributed by atoms with Crippen LogP contribution in [0.4, 0.5) is 0 Å². The Kier molecular flexibility index (Phi) is 4.65. The van der Waals surface area contributed by atoms with Crippen LogP contribution in [0.3, 0.4) is 0 Å². The Morgan fingerprint density at radius 1 is 1.28 bits per heavy atom. The Morgan fingerprint density at radius 2 is 1.78 bits per heavy atom. The molecule has 0 spiro atoms. The maximum atomic E-state index is 11.4. The lowest BCUT2D eigenvalue weighted by atomic mass is 10.2. The third-order valence-corrected chi connectivity index (χ3v) is 1.99. The number of nitrogens with zero attached hydrogens (tertiary/aromatic N) is 4. The van der Waals surface area contributed by atoms with Crippen LogP contribution in [-0.2, 0) is 16.0 Å². The third-order valence-electron chi connectivity index (χ3n) is 1.99. The number of hydrogen-bond acceptors (Lipinski definition) is 6. The molecule has 1 aromatic heterocycles. The fourth-order valence-corrected chi connectivity index (χ4v) is 1.21. The van der Waals surface area contributed by atoms with Gasteiger partial charge in [0.05, 0.1) is 20.8 Å². The predicted molar refractivity (Wildman–Crippen MR) is 59.8 cm³/mol. The van der Waals surface area contributed by atoms with Crippen molar-refractivity contribution in [2.75, 3.05) is 14.2 Å². The second-order valence-corrected chi connectivity index (χ2v) is 3.12. The van der Waals surface area contributed by atoms with Gasteiger partial charge in [-0.1, -0.05) is 5.11 Å². The molecule has 0 aliphatic carbocycles. The number of pyridine rings is 1. The van der Waals surface area contributed by atoms with E-state index in [0.29, 0.717) is 5.56 Å². The van der Waals surface area contributed by atoms with E-state index < -0.39 is 11.9 Å². The summed E-state index contributed by atoms with van der Waals surface area (Å²) in [7, 11) is 2.39. The van der Waals surface area contributed by atoms with Gasteiger partial charge in [-0.15, -0.1) is 0 Å². The van der Waals surface area contributed by atoms with Gasteiger partial charge in [0, 0.05) is 4.91 Å². The minimum atomic E-state index is -0.692. The number of rotatable bonds is 4. The van der Waals surface area contributed by atoms with Gasteiger partial charge in [0.15, 0.2) is 0 Å². The SMILES string of the molecule is COC(=O)c1cc(CN=[N+]=[N-])cc(C(=O)OC)n1. The first-order valence-electron chi connectivity index (χ1n) is 4.80. The summed E-state index contributed by atoms with van der Waals surface area (Å²) in [5.74, 6) is -1.38. The molecule has 0 N–H and O–H groups in total. The van der Waals surface area contributed by atoms with Crippen molar-refractivity contribution >= 4 is 11.9 Å². The first kappa shape index (κ1) is 13.5. The average Bonchev–Trinajstić information content (AvgIpc) is 2.42. The zero-order valence-corrected chi connectivity index (χ0v) is 9.78. The van der Waals surface area contributed by atoms with Crippen LogP contribution < -0.4 is 0 Å². The summed E-state index contributed by atoms with van der Waals surface area (Å²) in [6, 6.07) is 2.76. The number of methoxy groups -OCH3 is 2. The van der Waals surface area contributed by atoms with Crippen molar-refractivity contribution in [1.29, 1.82) is 0 Å². The van der Waals surface area contributed by atoms with Gasteiger partial charge in [-0.25, -0.2) is 14.6 Å². The van der Waals surface area contributed by atoms with E-state index in [0.717, 1.165) is 0 Å². The third kappa shape index (κ3) is 3.19. The molecule has 1 rings (SSSR count). The van der Waals surface area contributed by atoms with Gasteiger partial charge in [-0.2, -0.15) is 0 Å². The molecular formula is C10H10N4O4. The van der Waals surface area contributed by atoms with Crippen LogP contribution in [0.5, 0.6) is 0 Å². The zero-order chi connectivity index (χ0) is 13.5. The molecule has 0 atom stereocenters. The second-order valence-electron chi connectivity index (χ2n) is 3.12. The normalized spacial score (nSPS) is 9.22. The summed E-state index contributed by atoms with van der Waals surface area (Å²) >= 11 is 0. The summed E-state index contributed by atoms with van der Waals surface area (Å²) in [5.41, 5.74) is 8.59. The molecule has 8 nitrogen and oxygen atoms in total. The number of hydrogen-bond donors (Lipinski definition) is 0. The van der Waals surface area contributed by atoms with E-state index in [1.165, 1.54) is 26.4 Å². The number of ether oxygens (including phenoxy) is 2. The second kappa shape index (κ2) is 6.21. The van der Waals surface area contributed by atoms with E-state index in [4.69, 9.17) is 5.53 Å². The smallest absolute Gasteiger partial charge is 0.356 e. The number of esters is 2. The molecule has 8 heteroatoms. The highest BCUT2D eigenvalue weighted by Crippen LogP contribution is 2.10. The van der Waals surface area contributed by atoms with Gasteiger partial charge in [0.25, 0.3) is 0 Å². The molecule has 0 aliphatic heterocycles. The molecule has 1 aromatic rings. The lowest BCUT2D eigenvalue weighted by Gasteiger charge is -2.05. The van der Waals surface area contributed by atoms with Crippen LogP contribution >= 0.6 is 0 Å². The lowest BCUT2D eigenvalue weighted by molar-refractivity contribution is 0.0585. The topological polar surface area (TPSA) is 114 Å². The maximum absolute atomic E-state index is 11.4. The summed E-state index contributed by atoms with van der Waals surface area (Å²) < 4.78 is 9.01. The Morgan fingerprint density at radius 3 is 2.17 bits per heavy atom. The number of carbonyl (C=O) groups excluding carboxylic acids is 2. The van der Waals surface area contributed by atoms with E-state index in [-0.39, 0.29) is 17.9 Å². The maximum Gasteiger partial charge on any atom is 0.356 e. The van der Waals surface area contributed by atoms with Crippen LogP contribution in [0.25, 0.3) is 10.4 Å². The summed E-state index contributed by atoms with van der Waals surface area (Å²) in [5, 5.41) is 3.34. The van der Waals surface area contributed by atoms with Gasteiger partial charge in [0.1, 0.15) is 11.4 Å². The minimum Gasteiger partial charge on any atom is -0.464 e. The van der Waals surface area contributed by atoms with E-state index in [9.17, 15) is 9.59 Å². The Balaban J connectivity index is 3.23. The Hall–Kier alpha value is -2.60. The molecule has 0 bridgehead atoms. The van der Waals surface area contributed by atoms with Crippen LogP contribution in [0, 0.1) is 0 Å². The Labute approximate surface area is 102 Å². The minimum absolute atomic E-state index is 0.00694. The fraction of sp³-hybridized carbons (Fsp3) is 0.300. The average molecular weight is 250 g/mol. The summed E-state index contributed by atoms with van der Waals surface area (Å²) in [4.78, 5) is 29.1. The van der Waals surface area contributed by atoms with Crippen molar-refractivity contribution < 1.29 is 19.1 Å². The quantitative estimate of drug-likeness (QED) is 0.347. The van der Waals surface area contributed by atoms with Crippen molar-refractivity contribution in [2.24, 2.45) is 5.11 Å². The molecule has 94 valence electrons. The highest BCUT2D eigenvalue weighted by atomic mass is 16.5. The summed E-state index contributed by atoms with van der Waals surface area (Å²) in [6.07, 6.45) is 0. The number of azide groups is 1. The van der Waals surface area contributed by atoms with Crippen LogP contribution in [0.1, 0.15) is 26.5 Å². The largest absolute Gasteiger partial charge is 0.464 e. The molecule has 0 aromatic carbocycles. The molecular weight excluding hydrogens is 240 g/mol. The van der Waals surface area contributed by atoms with Gasteiger partial charge in [-0.3, -0.25) is 0 Å². The van der Waals surface area contributed by atoms with Crippen molar-refractivity contribution in [3.8, 4) is 0 Å². The van der Waals surface area contributed by atoms with Gasteiger partial charge < -0.3 is 9.47 Å². The highest BCUT2D eigenvalue weighted by Gasteiger charge is 2.15. The first-order valence-corrected chi connectivity index (χ1v) is 4.80. The van der Waals surface area contributed by atoms with Crippen LogP contribution in [0.15, 0.2) is 17.2 Å². The molecule has 0 saturated heterocycles. The monoisotopic (exact) mass is 250 g/mol. The van der Waals surface area contributed by atoms with Crippen molar-refractivity contribution in [3.05, 3.63) is 39.5 Å². The molecule has 0 fully saturated rings. The van der Waals surface area contributed by atoms with Crippen molar-refractivity contribution in [2.45, 2.75) is 6.54 Å². The molecule has 18 heavy (non-hydrogen) atoms. The van der Waals surface area contributed by atoms with Crippen LogP contribution in [0.2, 0.25) is 0 Å². The summed E-state index contributed by atoms with van der Waals surface area (Å²) in [6.45, 7) is -0.00694. The highest BCUT2D eigenvalue weighted by molar-refractivity contribution is 5.91. The molecule has 0 amide bonds. The van der Waals surface area contributed by atoms with Crippen molar-refractivity contribution in [1.82, 2.24) is 4.98 Å². The van der Waals surface area contributed by atoms with Gasteiger partial charge >= 0.3 is 11.9 Å². The first-order chi connectivity index (χ1) is 8.62. The van der Waals surface area contributed by atoms with Crippen molar-refractivity contribution in [3.63, 3.8) is 0 Å². The molecule has 0 radical (unpaired) electrons. The number of carbonyl (C=O) groups is 2. The van der Waals surface area contributed by atoms with Gasteiger partial charge in [-0.05, 0) is 23.2 Å². The Bertz CT molecular complexity index is 488. The van der Waals surface area contributed by atoms with E-state index in [2.05, 4.69) is 24.5 Å².